The molecule has 0 spiro atoms. The number of aromatic nitrogens is 3. The normalized spacial score (nSPS) is 17.6. The SMILES string of the molecule is CCC1CCCC1OCc1c(-c2c(Cl)cccc2Cl)noc1C1CC1.Cn1cc(-c2cc(NC(N)=O)ccc2C(=O)O)cn1. The van der Waals surface area contributed by atoms with Crippen LogP contribution in [0.2, 0.25) is 10.0 Å². The minimum absolute atomic E-state index is 0.128. The van der Waals surface area contributed by atoms with Crippen LogP contribution in [0.25, 0.3) is 22.4 Å². The van der Waals surface area contributed by atoms with Crippen LogP contribution in [-0.2, 0) is 18.4 Å². The molecule has 44 heavy (non-hydrogen) atoms. The third kappa shape index (κ3) is 7.26. The summed E-state index contributed by atoms with van der Waals surface area (Å²) in [5, 5.41) is 21.1. The lowest BCUT2D eigenvalue weighted by Gasteiger charge is -2.19. The molecule has 2 aliphatic rings. The van der Waals surface area contributed by atoms with Gasteiger partial charge < -0.3 is 25.4 Å². The van der Waals surface area contributed by atoms with Crippen molar-refractivity contribution in [2.45, 2.75) is 64.1 Å². The molecular weight excluding hydrogens is 605 g/mol. The molecule has 0 bridgehead atoms. The number of rotatable bonds is 9. The van der Waals surface area contributed by atoms with E-state index in [-0.39, 0.29) is 5.56 Å². The number of benzene rings is 2. The standard InChI is InChI=1S/C20H23Cl2NO2.C12H12N4O3/c1-2-12-5-3-8-17(12)24-11-14-19(23-25-20(14)13-9-10-13)18-15(21)6-4-7-16(18)22;1-16-6-7(5-14-16)10-4-8(15-12(13)19)2-3-9(10)11(17)18/h4,6-7,12-13,17H,2-3,5,8-11H2,1H3;2-6H,1H3,(H,17,18)(H3,13,15,19). The van der Waals surface area contributed by atoms with E-state index in [1.807, 2.05) is 18.2 Å². The van der Waals surface area contributed by atoms with Crippen molar-refractivity contribution in [2.75, 3.05) is 5.32 Å². The van der Waals surface area contributed by atoms with Crippen molar-refractivity contribution < 1.29 is 24.0 Å². The lowest BCUT2D eigenvalue weighted by Crippen LogP contribution is -2.19. The Balaban J connectivity index is 0.000000182. The van der Waals surface area contributed by atoms with Gasteiger partial charge in [0.05, 0.1) is 34.5 Å². The number of hydrogen-bond acceptors (Lipinski definition) is 6. The molecule has 4 N–H and O–H groups in total. The highest BCUT2D eigenvalue weighted by Gasteiger charge is 2.34. The number of halogens is 2. The molecular formula is C32H35Cl2N5O5. The summed E-state index contributed by atoms with van der Waals surface area (Å²) >= 11 is 12.8. The monoisotopic (exact) mass is 639 g/mol. The summed E-state index contributed by atoms with van der Waals surface area (Å²) in [5.41, 5.74) is 9.21. The molecule has 2 aliphatic carbocycles. The van der Waals surface area contributed by atoms with Crippen molar-refractivity contribution in [1.82, 2.24) is 14.9 Å². The van der Waals surface area contributed by atoms with Crippen LogP contribution in [-0.4, -0.2) is 38.1 Å². The fraction of sp³-hybridized carbons (Fsp3) is 0.375. The van der Waals surface area contributed by atoms with E-state index in [2.05, 4.69) is 22.5 Å². The lowest BCUT2D eigenvalue weighted by molar-refractivity contribution is 0.0146. The molecule has 6 rings (SSSR count). The molecule has 2 amide bonds. The van der Waals surface area contributed by atoms with Gasteiger partial charge in [0.2, 0.25) is 0 Å². The number of aromatic carboxylic acids is 1. The second-order valence-electron chi connectivity index (χ2n) is 11.2. The first-order chi connectivity index (χ1) is 21.2. The number of carboxylic acids is 1. The zero-order valence-electron chi connectivity index (χ0n) is 24.6. The summed E-state index contributed by atoms with van der Waals surface area (Å²) in [4.78, 5) is 22.0. The van der Waals surface area contributed by atoms with Crippen LogP contribution in [0.15, 0.2) is 53.3 Å². The van der Waals surface area contributed by atoms with E-state index in [9.17, 15) is 9.59 Å². The number of ether oxygens (including phenoxy) is 1. The average Bonchev–Trinajstić information content (AvgIpc) is 3.35. The molecule has 2 heterocycles. The highest BCUT2D eigenvalue weighted by molar-refractivity contribution is 6.39. The Kier molecular flexibility index (Phi) is 9.93. The molecule has 232 valence electrons. The van der Waals surface area contributed by atoms with Crippen LogP contribution in [0.3, 0.4) is 0 Å². The molecule has 0 radical (unpaired) electrons. The molecule has 0 saturated heterocycles. The smallest absolute Gasteiger partial charge is 0.336 e. The van der Waals surface area contributed by atoms with E-state index in [1.165, 1.54) is 31.4 Å². The fourth-order valence-corrected chi connectivity index (χ4v) is 6.25. The molecule has 0 aliphatic heterocycles. The molecule has 4 aromatic rings. The summed E-state index contributed by atoms with van der Waals surface area (Å²) in [6.07, 6.45) is 10.7. The largest absolute Gasteiger partial charge is 0.478 e. The van der Waals surface area contributed by atoms with Crippen LogP contribution in [0.1, 0.15) is 73.0 Å². The van der Waals surface area contributed by atoms with E-state index >= 15 is 0 Å². The van der Waals surface area contributed by atoms with E-state index < -0.39 is 12.0 Å². The second kappa shape index (κ2) is 13.8. The predicted molar refractivity (Wildman–Crippen MR) is 169 cm³/mol. The van der Waals surface area contributed by atoms with E-state index in [1.54, 1.807) is 30.2 Å². The van der Waals surface area contributed by atoms with Gasteiger partial charge in [-0.05, 0) is 61.9 Å². The average molecular weight is 641 g/mol. The Labute approximate surface area is 265 Å². The molecule has 2 fully saturated rings. The number of carbonyl (C=O) groups excluding carboxylic acids is 1. The van der Waals surface area contributed by atoms with Gasteiger partial charge in [0.25, 0.3) is 0 Å². The summed E-state index contributed by atoms with van der Waals surface area (Å²) in [6.45, 7) is 2.77. The highest BCUT2D eigenvalue weighted by atomic mass is 35.5. The number of nitrogens with zero attached hydrogens (tertiary/aromatic N) is 3. The Hall–Kier alpha value is -3.86. The van der Waals surface area contributed by atoms with Gasteiger partial charge in [-0.25, -0.2) is 9.59 Å². The van der Waals surface area contributed by atoms with Gasteiger partial charge in [-0.3, -0.25) is 4.68 Å². The number of carboxylic acid groups (broad SMARTS) is 1. The fourth-order valence-electron chi connectivity index (χ4n) is 5.68. The molecule has 2 unspecified atom stereocenters. The molecule has 2 aromatic heterocycles. The lowest BCUT2D eigenvalue weighted by atomic mass is 10.0. The summed E-state index contributed by atoms with van der Waals surface area (Å²) < 4.78 is 13.6. The van der Waals surface area contributed by atoms with Crippen molar-refractivity contribution >= 4 is 40.9 Å². The Morgan fingerprint density at radius 1 is 1.16 bits per heavy atom. The number of primary amides is 1. The van der Waals surface area contributed by atoms with Crippen molar-refractivity contribution in [1.29, 1.82) is 0 Å². The van der Waals surface area contributed by atoms with E-state index in [0.717, 1.165) is 41.8 Å². The molecule has 2 aromatic carbocycles. The molecule has 10 nitrogen and oxygen atoms in total. The Morgan fingerprint density at radius 3 is 2.52 bits per heavy atom. The number of nitrogens with two attached hydrogens (primary N) is 1. The van der Waals surface area contributed by atoms with Crippen molar-refractivity contribution in [3.63, 3.8) is 0 Å². The first kappa shape index (κ1) is 31.6. The van der Waals surface area contributed by atoms with Gasteiger partial charge in [-0.2, -0.15) is 5.10 Å². The first-order valence-electron chi connectivity index (χ1n) is 14.6. The van der Waals surface area contributed by atoms with E-state index in [4.69, 9.17) is 43.3 Å². The zero-order valence-corrected chi connectivity index (χ0v) is 26.1. The van der Waals surface area contributed by atoms with Crippen LogP contribution in [0, 0.1) is 5.92 Å². The quantitative estimate of drug-likeness (QED) is 0.169. The van der Waals surface area contributed by atoms with Crippen LogP contribution in [0.4, 0.5) is 10.5 Å². The van der Waals surface area contributed by atoms with Gasteiger partial charge in [0, 0.05) is 47.1 Å². The topological polar surface area (TPSA) is 146 Å². The number of urea groups is 1. The van der Waals surface area contributed by atoms with Crippen molar-refractivity contribution in [3.05, 3.63) is 75.7 Å². The van der Waals surface area contributed by atoms with Crippen molar-refractivity contribution in [2.24, 2.45) is 18.7 Å². The highest BCUT2D eigenvalue weighted by Crippen LogP contribution is 2.46. The number of aryl methyl sites for hydroxylation is 1. The van der Waals surface area contributed by atoms with Gasteiger partial charge in [0.15, 0.2) is 0 Å². The summed E-state index contributed by atoms with van der Waals surface area (Å²) in [7, 11) is 1.73. The first-order valence-corrected chi connectivity index (χ1v) is 15.4. The van der Waals surface area contributed by atoms with Gasteiger partial charge >= 0.3 is 12.0 Å². The molecule has 2 saturated carbocycles. The number of amides is 2. The number of hydrogen-bond donors (Lipinski definition) is 3. The number of anilines is 1. The third-order valence-electron chi connectivity index (χ3n) is 8.06. The molecule has 2 atom stereocenters. The third-order valence-corrected chi connectivity index (χ3v) is 8.69. The maximum atomic E-state index is 11.2. The molecule has 12 heteroatoms. The van der Waals surface area contributed by atoms with E-state index in [0.29, 0.717) is 51.4 Å². The number of nitrogens with one attached hydrogen (secondary N) is 1. The van der Waals surface area contributed by atoms with Crippen LogP contribution >= 0.6 is 23.2 Å². The summed E-state index contributed by atoms with van der Waals surface area (Å²) in [5.74, 6) is 1.03. The maximum absolute atomic E-state index is 11.2. The predicted octanol–water partition coefficient (Wildman–Crippen LogP) is 7.90. The minimum atomic E-state index is -1.05. The maximum Gasteiger partial charge on any atom is 0.336 e. The second-order valence-corrected chi connectivity index (χ2v) is 12.0. The van der Waals surface area contributed by atoms with Gasteiger partial charge in [-0.15, -0.1) is 0 Å². The number of carbonyl (C=O) groups is 2. The Bertz CT molecular complexity index is 1630. The van der Waals surface area contributed by atoms with Crippen LogP contribution < -0.4 is 11.1 Å². The summed E-state index contributed by atoms with van der Waals surface area (Å²) in [6, 6.07) is 9.25. The van der Waals surface area contributed by atoms with Gasteiger partial charge in [-0.1, -0.05) is 54.2 Å². The van der Waals surface area contributed by atoms with Crippen LogP contribution in [0.5, 0.6) is 0 Å². The van der Waals surface area contributed by atoms with Crippen molar-refractivity contribution in [3.8, 4) is 22.4 Å². The van der Waals surface area contributed by atoms with Gasteiger partial charge in [0.1, 0.15) is 11.5 Å². The minimum Gasteiger partial charge on any atom is -0.478 e. The zero-order chi connectivity index (χ0) is 31.4. The Morgan fingerprint density at radius 2 is 1.91 bits per heavy atom.